The zero-order valence-electron chi connectivity index (χ0n) is 20.8. The molecule has 1 aromatic carbocycles. The Kier molecular flexibility index (Phi) is 6.14. The number of nitrogens with one attached hydrogen (secondary N) is 1. The molecule has 0 spiro atoms. The highest BCUT2D eigenvalue weighted by molar-refractivity contribution is 7.99. The Morgan fingerprint density at radius 2 is 1.81 bits per heavy atom. The zero-order valence-corrected chi connectivity index (χ0v) is 22.4. The van der Waals surface area contributed by atoms with E-state index >= 15 is 0 Å². The van der Waals surface area contributed by atoms with Gasteiger partial charge in [0.1, 0.15) is 4.83 Å². The second-order valence-corrected chi connectivity index (χ2v) is 12.1. The topological polar surface area (TPSA) is 69.5 Å². The summed E-state index contributed by atoms with van der Waals surface area (Å²) in [5.41, 5.74) is 4.66. The van der Waals surface area contributed by atoms with Gasteiger partial charge < -0.3 is 14.3 Å². The molecule has 0 saturated carbocycles. The lowest BCUT2D eigenvalue weighted by Crippen LogP contribution is -2.47. The molecule has 4 aromatic heterocycles. The molecule has 9 heteroatoms. The summed E-state index contributed by atoms with van der Waals surface area (Å²) >= 11 is 3.40. The molecule has 1 fully saturated rings. The number of aromatic nitrogens is 4. The summed E-state index contributed by atoms with van der Waals surface area (Å²) in [7, 11) is 0. The summed E-state index contributed by atoms with van der Waals surface area (Å²) in [6, 6.07) is 12.6. The molecule has 1 aliphatic heterocycles. The second kappa shape index (κ2) is 9.78. The lowest BCUT2D eigenvalue weighted by molar-refractivity contribution is 0.259. The van der Waals surface area contributed by atoms with Gasteiger partial charge in [0.2, 0.25) is 0 Å². The van der Waals surface area contributed by atoms with Crippen LogP contribution in [0.5, 0.6) is 0 Å². The number of para-hydroxylation sites is 2. The molecular formula is C28H30N6OS2. The Labute approximate surface area is 223 Å². The highest BCUT2D eigenvalue weighted by atomic mass is 32.2. The molecule has 2 aliphatic rings. The highest BCUT2D eigenvalue weighted by Gasteiger charge is 2.22. The fourth-order valence-corrected chi connectivity index (χ4v) is 7.90. The smallest absolute Gasteiger partial charge is 0.260 e. The van der Waals surface area contributed by atoms with Gasteiger partial charge in [0, 0.05) is 43.0 Å². The number of thiophene rings is 1. The van der Waals surface area contributed by atoms with E-state index in [1.807, 2.05) is 0 Å². The van der Waals surface area contributed by atoms with Crippen LogP contribution >= 0.6 is 23.1 Å². The Morgan fingerprint density at radius 3 is 2.73 bits per heavy atom. The Morgan fingerprint density at radius 1 is 0.973 bits per heavy atom. The molecule has 0 amide bonds. The number of hydrogen-bond donors (Lipinski definition) is 1. The summed E-state index contributed by atoms with van der Waals surface area (Å²) in [6.45, 7) is 5.09. The van der Waals surface area contributed by atoms with Crippen molar-refractivity contribution in [2.24, 2.45) is 0 Å². The summed E-state index contributed by atoms with van der Waals surface area (Å²) in [5.74, 6) is 2.04. The van der Waals surface area contributed by atoms with E-state index in [1.165, 1.54) is 28.8 Å². The molecule has 7 nitrogen and oxygen atoms in total. The highest BCUT2D eigenvalue weighted by Crippen LogP contribution is 2.34. The van der Waals surface area contributed by atoms with Crippen LogP contribution in [0.2, 0.25) is 0 Å². The molecule has 0 radical (unpaired) electrons. The lowest BCUT2D eigenvalue weighted by atomic mass is 9.97. The van der Waals surface area contributed by atoms with Crippen molar-refractivity contribution in [1.82, 2.24) is 24.3 Å². The van der Waals surface area contributed by atoms with E-state index in [0.29, 0.717) is 0 Å². The van der Waals surface area contributed by atoms with Crippen molar-refractivity contribution in [2.75, 3.05) is 43.4 Å². The zero-order chi connectivity index (χ0) is 24.8. The Balaban J connectivity index is 0.956. The number of H-pyrrole nitrogens is 1. The van der Waals surface area contributed by atoms with Crippen LogP contribution in [-0.2, 0) is 12.8 Å². The van der Waals surface area contributed by atoms with Gasteiger partial charge in [-0.05, 0) is 68.5 Å². The largest absolute Gasteiger partial charge is 0.352 e. The van der Waals surface area contributed by atoms with E-state index in [-0.39, 0.29) is 5.56 Å². The van der Waals surface area contributed by atoms with Crippen LogP contribution < -0.4 is 10.5 Å². The van der Waals surface area contributed by atoms with Gasteiger partial charge in [0.05, 0.1) is 21.9 Å². The second-order valence-electron chi connectivity index (χ2n) is 9.98. The number of hydrogen-bond acceptors (Lipinski definition) is 7. The maximum atomic E-state index is 12.8. The first-order valence-corrected chi connectivity index (χ1v) is 15.1. The van der Waals surface area contributed by atoms with Gasteiger partial charge in [-0.2, -0.15) is 0 Å². The molecule has 0 atom stereocenters. The normalized spacial score (nSPS) is 16.7. The third-order valence-electron chi connectivity index (χ3n) is 7.68. The van der Waals surface area contributed by atoms with Crippen molar-refractivity contribution in [3.8, 4) is 0 Å². The lowest BCUT2D eigenvalue weighted by Gasteiger charge is -2.35. The first kappa shape index (κ1) is 23.3. The number of benzene rings is 1. The van der Waals surface area contributed by atoms with E-state index in [4.69, 9.17) is 9.97 Å². The third kappa shape index (κ3) is 4.32. The van der Waals surface area contributed by atoms with Gasteiger partial charge >= 0.3 is 0 Å². The van der Waals surface area contributed by atoms with Gasteiger partial charge in [-0.15, -0.1) is 11.3 Å². The summed E-state index contributed by atoms with van der Waals surface area (Å²) in [4.78, 5) is 32.9. The predicted octanol–water partition coefficient (Wildman–Crippen LogP) is 4.97. The van der Waals surface area contributed by atoms with E-state index in [0.717, 1.165) is 90.0 Å². The molecular weight excluding hydrogens is 500 g/mol. The number of rotatable bonds is 6. The van der Waals surface area contributed by atoms with Crippen molar-refractivity contribution in [3.63, 3.8) is 0 Å². The van der Waals surface area contributed by atoms with Crippen molar-refractivity contribution in [2.45, 2.75) is 37.3 Å². The fraction of sp³-hybridized carbons (Fsp3) is 0.393. The van der Waals surface area contributed by atoms with Crippen LogP contribution in [0.1, 0.15) is 29.7 Å². The number of nitrogens with zero attached hydrogens (tertiary/aromatic N) is 5. The monoisotopic (exact) mass is 530 g/mol. The number of aromatic amines is 1. The van der Waals surface area contributed by atoms with E-state index in [2.05, 4.69) is 61.8 Å². The quantitative estimate of drug-likeness (QED) is 0.190. The number of aryl methyl sites for hydroxylation is 2. The first-order chi connectivity index (χ1) is 18.2. The Bertz CT molecular complexity index is 1650. The minimum absolute atomic E-state index is 0.0439. The van der Waals surface area contributed by atoms with Crippen LogP contribution in [0.4, 0.5) is 5.82 Å². The summed E-state index contributed by atoms with van der Waals surface area (Å²) < 4.78 is 2.25. The van der Waals surface area contributed by atoms with Gasteiger partial charge in [-0.25, -0.2) is 9.97 Å². The van der Waals surface area contributed by atoms with Gasteiger partial charge in [-0.3, -0.25) is 9.69 Å². The van der Waals surface area contributed by atoms with Gasteiger partial charge in [0.15, 0.2) is 11.0 Å². The average molecular weight is 531 g/mol. The number of anilines is 1. The molecule has 5 heterocycles. The maximum Gasteiger partial charge on any atom is 0.260 e. The first-order valence-electron chi connectivity index (χ1n) is 13.2. The van der Waals surface area contributed by atoms with Crippen LogP contribution in [0.15, 0.2) is 52.5 Å². The van der Waals surface area contributed by atoms with Crippen molar-refractivity contribution in [1.29, 1.82) is 0 Å². The van der Waals surface area contributed by atoms with E-state index < -0.39 is 0 Å². The summed E-state index contributed by atoms with van der Waals surface area (Å²) in [6.07, 6.45) is 7.72. The molecule has 37 heavy (non-hydrogen) atoms. The van der Waals surface area contributed by atoms with Crippen molar-refractivity contribution >= 4 is 55.7 Å². The number of fused-ring (bicyclic) bond motifs is 6. The maximum absolute atomic E-state index is 12.8. The van der Waals surface area contributed by atoms with E-state index in [9.17, 15) is 4.79 Å². The van der Waals surface area contributed by atoms with Crippen LogP contribution in [0, 0.1) is 0 Å². The van der Waals surface area contributed by atoms with Gasteiger partial charge in [-0.1, -0.05) is 23.9 Å². The third-order valence-corrected chi connectivity index (χ3v) is 9.82. The Hall–Kier alpha value is -2.88. The standard InChI is InChI=1S/C28H30N6OS2/c35-26-24-19-7-1-4-11-23(19)37-27(24)31-28(30-26)36-18-6-12-32-14-16-33(17-15-32)25-22-10-5-13-34(22)21-9-3-2-8-20(21)29-25/h2-3,5,8-10,13H,1,4,6-7,11-12,14-18H2,(H,30,31,35). The molecule has 0 unspecified atom stereocenters. The predicted molar refractivity (Wildman–Crippen MR) is 154 cm³/mol. The van der Waals surface area contributed by atoms with Crippen LogP contribution in [0.25, 0.3) is 26.8 Å². The molecule has 190 valence electrons. The van der Waals surface area contributed by atoms with Crippen molar-refractivity contribution in [3.05, 3.63) is 63.4 Å². The molecule has 5 aromatic rings. The minimum atomic E-state index is 0.0439. The number of thioether (sulfide) groups is 1. The van der Waals surface area contributed by atoms with Gasteiger partial charge in [0.25, 0.3) is 5.56 Å². The van der Waals surface area contributed by atoms with Crippen LogP contribution in [-0.4, -0.2) is 62.7 Å². The van der Waals surface area contributed by atoms with E-state index in [1.54, 1.807) is 23.1 Å². The molecule has 1 saturated heterocycles. The fourth-order valence-electron chi connectivity index (χ4n) is 5.79. The SMILES string of the molecule is O=c1[nH]c(SCCCN2CCN(c3nc4ccccc4n4cccc34)CC2)nc2sc3c(c12)CCCC3. The van der Waals surface area contributed by atoms with Crippen molar-refractivity contribution < 1.29 is 0 Å². The molecule has 0 bridgehead atoms. The minimum Gasteiger partial charge on any atom is -0.352 e. The molecule has 7 rings (SSSR count). The van der Waals surface area contributed by atoms with Crippen LogP contribution in [0.3, 0.4) is 0 Å². The summed E-state index contributed by atoms with van der Waals surface area (Å²) in [5, 5.41) is 1.61. The molecule has 1 aliphatic carbocycles. The number of piperazine rings is 1. The average Bonchev–Trinajstić information content (AvgIpc) is 3.57. The molecule has 1 N–H and O–H groups in total.